The Kier molecular flexibility index (Phi) is 8.82. The summed E-state index contributed by atoms with van der Waals surface area (Å²) in [5.41, 5.74) is 0.118. The van der Waals surface area contributed by atoms with E-state index in [1.807, 2.05) is 50.2 Å². The topological polar surface area (TPSA) is 119 Å². The van der Waals surface area contributed by atoms with Gasteiger partial charge in [0.2, 0.25) is 15.9 Å². The molecule has 0 bridgehead atoms. The fourth-order valence-electron chi connectivity index (χ4n) is 4.71. The van der Waals surface area contributed by atoms with E-state index in [0.29, 0.717) is 37.1 Å². The molecule has 1 aliphatic rings. The number of benzene rings is 2. The third-order valence-corrected chi connectivity index (χ3v) is 9.71. The van der Waals surface area contributed by atoms with Crippen LogP contribution in [0.4, 0.5) is 0 Å². The van der Waals surface area contributed by atoms with Gasteiger partial charge in [-0.1, -0.05) is 44.2 Å². The lowest BCUT2D eigenvalue weighted by atomic mass is 10.0. The molecule has 10 heteroatoms. The van der Waals surface area contributed by atoms with Gasteiger partial charge in [0.05, 0.1) is 15.3 Å². The first kappa shape index (κ1) is 27.8. The summed E-state index contributed by atoms with van der Waals surface area (Å²) in [4.78, 5) is 26.9. The van der Waals surface area contributed by atoms with E-state index in [2.05, 4.69) is 10.6 Å². The van der Waals surface area contributed by atoms with E-state index in [1.54, 1.807) is 12.1 Å². The van der Waals surface area contributed by atoms with Gasteiger partial charge in [-0.3, -0.25) is 9.59 Å². The summed E-state index contributed by atoms with van der Waals surface area (Å²) < 4.78 is 28.9. The van der Waals surface area contributed by atoms with Crippen molar-refractivity contribution < 1.29 is 18.0 Å². The maximum absolute atomic E-state index is 13.3. The molecule has 8 nitrogen and oxygen atoms in total. The lowest BCUT2D eigenvalue weighted by molar-refractivity contribution is -0.124. The number of hydrogen-bond donors (Lipinski definition) is 2. The SMILES string of the molecule is CC(C)CC(NC(=O)c1cc2ccccc2s1)C(=O)NC1CCCN(S(=O)(=O)c2ccccc2C#N)CC1. The minimum absolute atomic E-state index is 0.00549. The number of rotatable bonds is 8. The number of hydrogen-bond acceptors (Lipinski definition) is 6. The van der Waals surface area contributed by atoms with Gasteiger partial charge in [0.15, 0.2) is 0 Å². The number of carbonyl (C=O) groups excluding carboxylic acids is 2. The Morgan fingerprint density at radius 3 is 2.58 bits per heavy atom. The highest BCUT2D eigenvalue weighted by atomic mass is 32.2. The van der Waals surface area contributed by atoms with Crippen molar-refractivity contribution in [2.24, 2.45) is 5.92 Å². The Morgan fingerprint density at radius 1 is 1.11 bits per heavy atom. The standard InChI is InChI=1S/C28H32N4O4S2/c1-19(2)16-23(31-28(34)25-17-20-8-3-5-11-24(20)37-25)27(33)30-22-10-7-14-32(15-13-22)38(35,36)26-12-6-4-9-21(26)18-29/h3-6,8-9,11-12,17,19,22-23H,7,10,13-16H2,1-2H3,(H,30,33)(H,31,34). The predicted octanol–water partition coefficient (Wildman–Crippen LogP) is 4.28. The summed E-state index contributed by atoms with van der Waals surface area (Å²) >= 11 is 1.39. The molecular formula is C28H32N4O4S2. The Bertz CT molecular complexity index is 1430. The minimum Gasteiger partial charge on any atom is -0.352 e. The molecule has 1 fully saturated rings. The quantitative estimate of drug-likeness (QED) is 0.432. The second-order valence-corrected chi connectivity index (χ2v) is 12.9. The van der Waals surface area contributed by atoms with Crippen molar-refractivity contribution in [2.75, 3.05) is 13.1 Å². The summed E-state index contributed by atoms with van der Waals surface area (Å²) in [6.07, 6.45) is 2.12. The van der Waals surface area contributed by atoms with Crippen LogP contribution in [0.2, 0.25) is 0 Å². The third-order valence-electron chi connectivity index (χ3n) is 6.64. The van der Waals surface area contributed by atoms with E-state index in [9.17, 15) is 23.3 Å². The van der Waals surface area contributed by atoms with E-state index in [1.165, 1.54) is 27.8 Å². The van der Waals surface area contributed by atoms with Gasteiger partial charge in [-0.15, -0.1) is 11.3 Å². The first-order chi connectivity index (χ1) is 18.2. The molecule has 0 spiro atoms. The molecule has 38 heavy (non-hydrogen) atoms. The second kappa shape index (κ2) is 12.1. The summed E-state index contributed by atoms with van der Waals surface area (Å²) in [5, 5.41) is 16.3. The first-order valence-electron chi connectivity index (χ1n) is 12.8. The van der Waals surface area contributed by atoms with Gasteiger partial charge < -0.3 is 10.6 Å². The van der Waals surface area contributed by atoms with E-state index >= 15 is 0 Å². The highest BCUT2D eigenvalue weighted by molar-refractivity contribution is 7.89. The summed E-state index contributed by atoms with van der Waals surface area (Å²) in [7, 11) is -3.83. The van der Waals surface area contributed by atoms with E-state index in [-0.39, 0.29) is 40.8 Å². The van der Waals surface area contributed by atoms with Crippen molar-refractivity contribution in [1.82, 2.24) is 14.9 Å². The van der Waals surface area contributed by atoms with Crippen LogP contribution < -0.4 is 10.6 Å². The summed E-state index contributed by atoms with van der Waals surface area (Å²) in [6, 6.07) is 16.8. The zero-order valence-electron chi connectivity index (χ0n) is 21.5. The molecule has 3 aromatic rings. The number of nitrogens with one attached hydrogen (secondary N) is 2. The number of amides is 2. The average molecular weight is 553 g/mol. The molecule has 0 saturated carbocycles. The van der Waals surface area contributed by atoms with Gasteiger partial charge in [0.1, 0.15) is 12.1 Å². The smallest absolute Gasteiger partial charge is 0.262 e. The Morgan fingerprint density at radius 2 is 1.84 bits per heavy atom. The highest BCUT2D eigenvalue weighted by Gasteiger charge is 2.31. The van der Waals surface area contributed by atoms with Crippen molar-refractivity contribution in [1.29, 1.82) is 5.26 Å². The zero-order chi connectivity index (χ0) is 27.3. The lowest BCUT2D eigenvalue weighted by Crippen LogP contribution is -2.50. The fraction of sp³-hybridized carbons (Fsp3) is 0.393. The molecule has 1 aromatic heterocycles. The van der Waals surface area contributed by atoms with Crippen LogP contribution in [0.15, 0.2) is 59.5 Å². The summed E-state index contributed by atoms with van der Waals surface area (Å²) in [6.45, 7) is 4.54. The molecule has 4 rings (SSSR count). The van der Waals surface area contributed by atoms with Crippen molar-refractivity contribution in [3.8, 4) is 6.07 Å². The molecule has 1 saturated heterocycles. The second-order valence-electron chi connectivity index (χ2n) is 9.95. The van der Waals surface area contributed by atoms with E-state index < -0.39 is 16.1 Å². The van der Waals surface area contributed by atoms with Crippen LogP contribution in [0.1, 0.15) is 54.8 Å². The van der Waals surface area contributed by atoms with Crippen LogP contribution in [0.3, 0.4) is 0 Å². The van der Waals surface area contributed by atoms with Crippen molar-refractivity contribution in [3.63, 3.8) is 0 Å². The molecule has 2 amide bonds. The van der Waals surface area contributed by atoms with Gasteiger partial charge in [0, 0.05) is 23.8 Å². The van der Waals surface area contributed by atoms with Gasteiger partial charge in [0.25, 0.3) is 5.91 Å². The van der Waals surface area contributed by atoms with Crippen LogP contribution in [0.25, 0.3) is 10.1 Å². The Balaban J connectivity index is 1.41. The number of nitriles is 1. The van der Waals surface area contributed by atoms with E-state index in [0.717, 1.165) is 10.1 Å². The van der Waals surface area contributed by atoms with Crippen molar-refractivity contribution in [3.05, 3.63) is 65.0 Å². The monoisotopic (exact) mass is 552 g/mol. The number of thiophene rings is 1. The zero-order valence-corrected chi connectivity index (χ0v) is 23.1. The minimum atomic E-state index is -3.83. The van der Waals surface area contributed by atoms with Crippen LogP contribution in [-0.2, 0) is 14.8 Å². The Labute approximate surface area is 227 Å². The largest absolute Gasteiger partial charge is 0.352 e. The molecule has 2 aromatic carbocycles. The maximum Gasteiger partial charge on any atom is 0.262 e. The average Bonchev–Trinajstić information content (AvgIpc) is 3.20. The Hall–Kier alpha value is -3.26. The van der Waals surface area contributed by atoms with Crippen molar-refractivity contribution >= 4 is 43.3 Å². The van der Waals surface area contributed by atoms with Gasteiger partial charge in [-0.2, -0.15) is 9.57 Å². The summed E-state index contributed by atoms with van der Waals surface area (Å²) in [5.74, 6) is -0.353. The number of carbonyl (C=O) groups is 2. The highest BCUT2D eigenvalue weighted by Crippen LogP contribution is 2.26. The van der Waals surface area contributed by atoms with Gasteiger partial charge >= 0.3 is 0 Å². The molecule has 2 N–H and O–H groups in total. The number of nitrogens with zero attached hydrogens (tertiary/aromatic N) is 2. The maximum atomic E-state index is 13.3. The van der Waals surface area contributed by atoms with E-state index in [4.69, 9.17) is 0 Å². The molecule has 2 atom stereocenters. The number of fused-ring (bicyclic) bond motifs is 1. The van der Waals surface area contributed by atoms with Crippen LogP contribution >= 0.6 is 11.3 Å². The normalized spacial score (nSPS) is 17.5. The van der Waals surface area contributed by atoms with Crippen LogP contribution in [0.5, 0.6) is 0 Å². The molecule has 2 unspecified atom stereocenters. The van der Waals surface area contributed by atoms with Crippen molar-refractivity contribution in [2.45, 2.75) is 56.5 Å². The molecular weight excluding hydrogens is 520 g/mol. The lowest BCUT2D eigenvalue weighted by Gasteiger charge is -2.24. The number of sulfonamides is 1. The van der Waals surface area contributed by atoms with Crippen LogP contribution in [0, 0.1) is 17.2 Å². The molecule has 1 aliphatic heterocycles. The first-order valence-corrected chi connectivity index (χ1v) is 15.0. The van der Waals surface area contributed by atoms with Crippen LogP contribution in [-0.4, -0.2) is 49.7 Å². The molecule has 200 valence electrons. The predicted molar refractivity (Wildman–Crippen MR) is 148 cm³/mol. The fourth-order valence-corrected chi connectivity index (χ4v) is 7.31. The molecule has 2 heterocycles. The third kappa shape index (κ3) is 6.41. The van der Waals surface area contributed by atoms with Gasteiger partial charge in [-0.25, -0.2) is 8.42 Å². The molecule has 0 aliphatic carbocycles. The molecule has 0 radical (unpaired) electrons. The van der Waals surface area contributed by atoms with Gasteiger partial charge in [-0.05, 0) is 61.3 Å².